The Morgan fingerprint density at radius 2 is 1.74 bits per heavy atom. The van der Waals surface area contributed by atoms with Gasteiger partial charge in [-0.25, -0.2) is 0 Å². The Kier molecular flexibility index (Phi) is 5.72. The van der Waals surface area contributed by atoms with Gasteiger partial charge >= 0.3 is 0 Å². The molecule has 0 aromatic heterocycles. The summed E-state index contributed by atoms with van der Waals surface area (Å²) in [6.07, 6.45) is 3.82. The standard InChI is InChI=1S/C22H24Cl2N2O/c23-20-8-7-16(11-21(20)24)12-22(27)26-14-18-6-2-1-5-17(18)13-19(26)15-25-9-3-4-10-25/h1-2,5-8,11,19H,3-4,9-10,12-15H2/t19-/m1/s1. The Labute approximate surface area is 170 Å². The van der Waals surface area contributed by atoms with Crippen molar-refractivity contribution in [2.45, 2.75) is 38.3 Å². The van der Waals surface area contributed by atoms with E-state index < -0.39 is 0 Å². The summed E-state index contributed by atoms with van der Waals surface area (Å²) >= 11 is 12.1. The van der Waals surface area contributed by atoms with Crippen LogP contribution in [0.3, 0.4) is 0 Å². The highest BCUT2D eigenvalue weighted by Crippen LogP contribution is 2.27. The van der Waals surface area contributed by atoms with E-state index in [2.05, 4.69) is 34.1 Å². The zero-order valence-corrected chi connectivity index (χ0v) is 16.8. The molecule has 2 aromatic rings. The Bertz CT molecular complexity index is 833. The highest BCUT2D eigenvalue weighted by atomic mass is 35.5. The molecule has 0 bridgehead atoms. The number of carbonyl (C=O) groups excluding carboxylic acids is 1. The monoisotopic (exact) mass is 402 g/mol. The molecule has 0 spiro atoms. The number of fused-ring (bicyclic) bond motifs is 1. The maximum absolute atomic E-state index is 13.2. The van der Waals surface area contributed by atoms with Crippen LogP contribution in [0.15, 0.2) is 42.5 Å². The number of amides is 1. The summed E-state index contributed by atoms with van der Waals surface area (Å²) in [7, 11) is 0. The lowest BCUT2D eigenvalue weighted by molar-refractivity contribution is -0.134. The van der Waals surface area contributed by atoms with Gasteiger partial charge in [-0.2, -0.15) is 0 Å². The van der Waals surface area contributed by atoms with Crippen LogP contribution in [0, 0.1) is 0 Å². The van der Waals surface area contributed by atoms with Gasteiger partial charge in [0, 0.05) is 19.1 Å². The van der Waals surface area contributed by atoms with Gasteiger partial charge in [0.2, 0.25) is 5.91 Å². The Morgan fingerprint density at radius 1 is 1.00 bits per heavy atom. The van der Waals surface area contributed by atoms with Crippen molar-refractivity contribution in [1.29, 1.82) is 0 Å². The van der Waals surface area contributed by atoms with Crippen molar-refractivity contribution in [2.75, 3.05) is 19.6 Å². The summed E-state index contributed by atoms with van der Waals surface area (Å²) in [6, 6.07) is 14.2. The van der Waals surface area contributed by atoms with E-state index in [1.165, 1.54) is 24.0 Å². The maximum atomic E-state index is 13.2. The summed E-state index contributed by atoms with van der Waals surface area (Å²) in [5, 5.41) is 1.02. The van der Waals surface area contributed by atoms with E-state index in [0.717, 1.165) is 31.6 Å². The molecule has 1 saturated heterocycles. The quantitative estimate of drug-likeness (QED) is 0.746. The molecular weight excluding hydrogens is 379 g/mol. The van der Waals surface area contributed by atoms with Gasteiger partial charge in [0.1, 0.15) is 0 Å². The van der Waals surface area contributed by atoms with Crippen molar-refractivity contribution in [1.82, 2.24) is 9.80 Å². The molecule has 4 rings (SSSR count). The summed E-state index contributed by atoms with van der Waals surface area (Å²) in [4.78, 5) is 17.8. The van der Waals surface area contributed by atoms with Gasteiger partial charge in [-0.3, -0.25) is 4.79 Å². The van der Waals surface area contributed by atoms with Gasteiger partial charge in [-0.1, -0.05) is 53.5 Å². The van der Waals surface area contributed by atoms with Crippen molar-refractivity contribution in [3.63, 3.8) is 0 Å². The summed E-state index contributed by atoms with van der Waals surface area (Å²) in [5.41, 5.74) is 3.55. The van der Waals surface area contributed by atoms with Crippen LogP contribution in [0.1, 0.15) is 29.5 Å². The van der Waals surface area contributed by atoms with E-state index in [1.807, 2.05) is 6.07 Å². The third kappa shape index (κ3) is 4.31. The van der Waals surface area contributed by atoms with E-state index in [9.17, 15) is 4.79 Å². The first-order chi connectivity index (χ1) is 13.1. The summed E-state index contributed by atoms with van der Waals surface area (Å²) < 4.78 is 0. The predicted molar refractivity (Wildman–Crippen MR) is 110 cm³/mol. The van der Waals surface area contributed by atoms with Gasteiger partial charge in [-0.15, -0.1) is 0 Å². The Morgan fingerprint density at radius 3 is 2.48 bits per heavy atom. The molecular formula is C22H24Cl2N2O. The van der Waals surface area contributed by atoms with Crippen LogP contribution < -0.4 is 0 Å². The number of rotatable bonds is 4. The highest BCUT2D eigenvalue weighted by molar-refractivity contribution is 6.42. The average molecular weight is 403 g/mol. The first-order valence-corrected chi connectivity index (χ1v) is 10.4. The number of hydrogen-bond acceptors (Lipinski definition) is 2. The molecule has 142 valence electrons. The van der Waals surface area contributed by atoms with Crippen LogP contribution in [-0.4, -0.2) is 41.4 Å². The molecule has 3 nitrogen and oxygen atoms in total. The molecule has 5 heteroatoms. The van der Waals surface area contributed by atoms with E-state index >= 15 is 0 Å². The van der Waals surface area contributed by atoms with E-state index in [1.54, 1.807) is 12.1 Å². The SMILES string of the molecule is O=C(Cc1ccc(Cl)c(Cl)c1)N1Cc2ccccc2C[C@@H]1CN1CCCC1. The molecule has 2 heterocycles. The first kappa shape index (κ1) is 18.8. The lowest BCUT2D eigenvalue weighted by atomic mass is 9.93. The molecule has 2 aliphatic heterocycles. The molecule has 0 saturated carbocycles. The van der Waals surface area contributed by atoms with Crippen molar-refractivity contribution < 1.29 is 4.79 Å². The van der Waals surface area contributed by atoms with Crippen LogP contribution in [0.5, 0.6) is 0 Å². The minimum Gasteiger partial charge on any atom is -0.333 e. The Balaban J connectivity index is 1.54. The minimum absolute atomic E-state index is 0.159. The zero-order valence-electron chi connectivity index (χ0n) is 15.3. The second kappa shape index (κ2) is 8.22. The normalized spacial score (nSPS) is 19.9. The topological polar surface area (TPSA) is 23.6 Å². The summed E-state index contributed by atoms with van der Waals surface area (Å²) in [6.45, 7) is 3.94. The molecule has 0 radical (unpaired) electrons. The fourth-order valence-electron chi connectivity index (χ4n) is 4.23. The molecule has 1 amide bonds. The van der Waals surface area contributed by atoms with Gasteiger partial charge in [0.25, 0.3) is 0 Å². The van der Waals surface area contributed by atoms with Gasteiger partial charge in [0.15, 0.2) is 0 Å². The van der Waals surface area contributed by atoms with Gasteiger partial charge in [-0.05, 0) is 61.2 Å². The van der Waals surface area contributed by atoms with Crippen LogP contribution >= 0.6 is 23.2 Å². The first-order valence-electron chi connectivity index (χ1n) is 9.62. The van der Waals surface area contributed by atoms with Crippen molar-refractivity contribution in [3.05, 3.63) is 69.2 Å². The number of carbonyl (C=O) groups is 1. The zero-order chi connectivity index (χ0) is 18.8. The molecule has 2 aliphatic rings. The fraction of sp³-hybridized carbons (Fsp3) is 0.409. The summed E-state index contributed by atoms with van der Waals surface area (Å²) in [5.74, 6) is 0.159. The van der Waals surface area contributed by atoms with Gasteiger partial charge in [0.05, 0.1) is 16.5 Å². The fourth-order valence-corrected chi connectivity index (χ4v) is 4.55. The largest absolute Gasteiger partial charge is 0.333 e. The average Bonchev–Trinajstić information content (AvgIpc) is 3.17. The second-order valence-electron chi connectivity index (χ2n) is 7.58. The Hall–Kier alpha value is -1.55. The van der Waals surface area contributed by atoms with Crippen LogP contribution in [0.2, 0.25) is 10.0 Å². The highest BCUT2D eigenvalue weighted by Gasteiger charge is 2.31. The van der Waals surface area contributed by atoms with Crippen molar-refractivity contribution in [3.8, 4) is 0 Å². The molecule has 0 N–H and O–H groups in total. The number of nitrogens with zero attached hydrogens (tertiary/aromatic N) is 2. The smallest absolute Gasteiger partial charge is 0.227 e. The maximum Gasteiger partial charge on any atom is 0.227 e. The van der Waals surface area contributed by atoms with Gasteiger partial charge < -0.3 is 9.80 Å². The van der Waals surface area contributed by atoms with Crippen LogP contribution in [0.4, 0.5) is 0 Å². The lowest BCUT2D eigenvalue weighted by Crippen LogP contribution is -2.50. The second-order valence-corrected chi connectivity index (χ2v) is 8.40. The number of benzene rings is 2. The third-order valence-electron chi connectivity index (χ3n) is 5.68. The third-order valence-corrected chi connectivity index (χ3v) is 6.42. The number of likely N-dealkylation sites (tertiary alicyclic amines) is 1. The van der Waals surface area contributed by atoms with Crippen molar-refractivity contribution in [2.24, 2.45) is 0 Å². The van der Waals surface area contributed by atoms with Crippen LogP contribution in [-0.2, 0) is 24.2 Å². The molecule has 0 aliphatic carbocycles. The van der Waals surface area contributed by atoms with E-state index in [-0.39, 0.29) is 11.9 Å². The predicted octanol–water partition coefficient (Wildman–Crippen LogP) is 4.59. The minimum atomic E-state index is 0.159. The molecule has 27 heavy (non-hydrogen) atoms. The number of hydrogen-bond donors (Lipinski definition) is 0. The van der Waals surface area contributed by atoms with Crippen molar-refractivity contribution >= 4 is 29.1 Å². The molecule has 2 aromatic carbocycles. The molecule has 1 fully saturated rings. The molecule has 0 unspecified atom stereocenters. The lowest BCUT2D eigenvalue weighted by Gasteiger charge is -2.39. The molecule has 1 atom stereocenters. The van der Waals surface area contributed by atoms with Crippen LogP contribution in [0.25, 0.3) is 0 Å². The van der Waals surface area contributed by atoms with E-state index in [4.69, 9.17) is 23.2 Å². The van der Waals surface area contributed by atoms with E-state index in [0.29, 0.717) is 23.0 Å². The number of halogens is 2.